The molecule has 0 heterocycles. The molecule has 15 heavy (non-hydrogen) atoms. The average molecular weight is 275 g/mol. The fraction of sp³-hybridized carbons (Fsp3) is 0.500. The van der Waals surface area contributed by atoms with Crippen LogP contribution in [0.25, 0.3) is 0 Å². The van der Waals surface area contributed by atoms with E-state index in [1.165, 1.54) is 12.1 Å². The van der Waals surface area contributed by atoms with Crippen molar-refractivity contribution in [3.63, 3.8) is 0 Å². The number of halogens is 2. The van der Waals surface area contributed by atoms with Gasteiger partial charge in [0.2, 0.25) is 0 Å². The molecule has 0 radical (unpaired) electrons. The van der Waals surface area contributed by atoms with Gasteiger partial charge in [-0.15, -0.1) is 0 Å². The Morgan fingerprint density at radius 2 is 2.13 bits per heavy atom. The second kappa shape index (κ2) is 5.08. The third kappa shape index (κ3) is 3.92. The van der Waals surface area contributed by atoms with E-state index in [1.54, 1.807) is 13.0 Å². The molecule has 0 amide bonds. The first-order valence-corrected chi connectivity index (χ1v) is 5.90. The van der Waals surface area contributed by atoms with Gasteiger partial charge in [0, 0.05) is 10.9 Å². The van der Waals surface area contributed by atoms with Crippen LogP contribution in [0, 0.1) is 5.82 Å². The zero-order valence-electron chi connectivity index (χ0n) is 9.06. The Balaban J connectivity index is 2.83. The summed E-state index contributed by atoms with van der Waals surface area (Å²) in [5.74, 6) is -0.263. The molecule has 1 N–H and O–H groups in total. The highest BCUT2D eigenvalue weighted by atomic mass is 79.9. The smallest absolute Gasteiger partial charge is 0.123 e. The molecule has 0 aliphatic heterocycles. The average Bonchev–Trinajstić information content (AvgIpc) is 2.10. The lowest BCUT2D eigenvalue weighted by Gasteiger charge is -2.23. The number of hydrogen-bond acceptors (Lipinski definition) is 1. The van der Waals surface area contributed by atoms with Crippen LogP contribution < -0.4 is 0 Å². The minimum Gasteiger partial charge on any atom is -0.390 e. The fourth-order valence-corrected chi connectivity index (χ4v) is 2.10. The van der Waals surface area contributed by atoms with Crippen LogP contribution in [0.4, 0.5) is 4.39 Å². The summed E-state index contributed by atoms with van der Waals surface area (Å²) in [7, 11) is 0. The fourth-order valence-electron chi connectivity index (χ4n) is 1.72. The lowest BCUT2D eigenvalue weighted by molar-refractivity contribution is 0.0503. The van der Waals surface area contributed by atoms with Gasteiger partial charge < -0.3 is 5.11 Å². The predicted molar refractivity (Wildman–Crippen MR) is 63.3 cm³/mol. The molecular formula is C12H16BrFO. The molecule has 0 aromatic heterocycles. The molecule has 0 bridgehead atoms. The summed E-state index contributed by atoms with van der Waals surface area (Å²) >= 11 is 3.36. The summed E-state index contributed by atoms with van der Waals surface area (Å²) in [4.78, 5) is 0. The second-order valence-electron chi connectivity index (χ2n) is 4.16. The highest BCUT2D eigenvalue weighted by molar-refractivity contribution is 9.10. The van der Waals surface area contributed by atoms with E-state index in [2.05, 4.69) is 15.9 Å². The summed E-state index contributed by atoms with van der Waals surface area (Å²) in [6.45, 7) is 3.81. The van der Waals surface area contributed by atoms with Crippen molar-refractivity contribution in [2.45, 2.75) is 38.7 Å². The number of benzene rings is 1. The molecule has 84 valence electrons. The monoisotopic (exact) mass is 274 g/mol. The van der Waals surface area contributed by atoms with Crippen LogP contribution in [-0.4, -0.2) is 10.7 Å². The maximum absolute atomic E-state index is 13.0. The highest BCUT2D eigenvalue weighted by Crippen LogP contribution is 2.25. The van der Waals surface area contributed by atoms with Crippen molar-refractivity contribution in [3.8, 4) is 0 Å². The van der Waals surface area contributed by atoms with Crippen LogP contribution in [-0.2, 0) is 6.42 Å². The number of aliphatic hydroxyl groups is 1. The molecule has 0 saturated heterocycles. The van der Waals surface area contributed by atoms with E-state index < -0.39 is 5.60 Å². The lowest BCUT2D eigenvalue weighted by atomic mass is 9.92. The molecule has 0 saturated carbocycles. The molecule has 1 aromatic rings. The first-order valence-electron chi connectivity index (χ1n) is 5.11. The standard InChI is InChI=1S/C12H16BrFO/c1-3-6-12(2,15)8-9-7-10(14)4-5-11(9)13/h4-5,7,15H,3,6,8H2,1-2H3. The molecule has 1 atom stereocenters. The maximum Gasteiger partial charge on any atom is 0.123 e. The van der Waals surface area contributed by atoms with Crippen LogP contribution in [0.5, 0.6) is 0 Å². The summed E-state index contributed by atoms with van der Waals surface area (Å²) in [6, 6.07) is 4.54. The van der Waals surface area contributed by atoms with Crippen molar-refractivity contribution in [3.05, 3.63) is 34.1 Å². The van der Waals surface area contributed by atoms with Crippen molar-refractivity contribution in [2.24, 2.45) is 0 Å². The van der Waals surface area contributed by atoms with Gasteiger partial charge in [0.15, 0.2) is 0 Å². The van der Waals surface area contributed by atoms with Crippen LogP contribution in [0.3, 0.4) is 0 Å². The summed E-state index contributed by atoms with van der Waals surface area (Å²) < 4.78 is 13.9. The quantitative estimate of drug-likeness (QED) is 0.888. The summed E-state index contributed by atoms with van der Waals surface area (Å²) in [5.41, 5.74) is 0.0545. The van der Waals surface area contributed by atoms with Crippen LogP contribution >= 0.6 is 15.9 Å². The van der Waals surface area contributed by atoms with E-state index in [1.807, 2.05) is 6.92 Å². The Hall–Kier alpha value is -0.410. The molecule has 3 heteroatoms. The zero-order valence-corrected chi connectivity index (χ0v) is 10.6. The predicted octanol–water partition coefficient (Wildman–Crippen LogP) is 3.68. The lowest BCUT2D eigenvalue weighted by Crippen LogP contribution is -2.26. The van der Waals surface area contributed by atoms with Gasteiger partial charge in [-0.25, -0.2) is 4.39 Å². The summed E-state index contributed by atoms with van der Waals surface area (Å²) in [5, 5.41) is 10.0. The highest BCUT2D eigenvalue weighted by Gasteiger charge is 2.21. The minimum absolute atomic E-state index is 0.263. The maximum atomic E-state index is 13.0. The molecular weight excluding hydrogens is 259 g/mol. The molecule has 1 aromatic carbocycles. The van der Waals surface area contributed by atoms with Crippen molar-refractivity contribution < 1.29 is 9.50 Å². The Labute approximate surface area is 98.4 Å². The topological polar surface area (TPSA) is 20.2 Å². The van der Waals surface area contributed by atoms with Gasteiger partial charge in [-0.1, -0.05) is 29.3 Å². The van der Waals surface area contributed by atoms with Gasteiger partial charge in [-0.3, -0.25) is 0 Å². The van der Waals surface area contributed by atoms with Crippen molar-refractivity contribution >= 4 is 15.9 Å². The number of rotatable bonds is 4. The van der Waals surface area contributed by atoms with Gasteiger partial charge >= 0.3 is 0 Å². The van der Waals surface area contributed by atoms with Gasteiger partial charge in [-0.2, -0.15) is 0 Å². The minimum atomic E-state index is -0.759. The number of hydrogen-bond donors (Lipinski definition) is 1. The van der Waals surface area contributed by atoms with E-state index in [9.17, 15) is 9.50 Å². The third-order valence-electron chi connectivity index (χ3n) is 2.37. The third-order valence-corrected chi connectivity index (χ3v) is 3.14. The van der Waals surface area contributed by atoms with E-state index in [4.69, 9.17) is 0 Å². The molecule has 1 rings (SSSR count). The molecule has 1 nitrogen and oxygen atoms in total. The molecule has 0 spiro atoms. The zero-order chi connectivity index (χ0) is 11.5. The largest absolute Gasteiger partial charge is 0.390 e. The Bertz CT molecular complexity index is 336. The Kier molecular flexibility index (Phi) is 4.29. The van der Waals surface area contributed by atoms with Crippen molar-refractivity contribution in [2.75, 3.05) is 0 Å². The Morgan fingerprint density at radius 3 is 2.73 bits per heavy atom. The van der Waals surface area contributed by atoms with E-state index >= 15 is 0 Å². The first-order chi connectivity index (χ1) is 6.94. The van der Waals surface area contributed by atoms with Gasteiger partial charge in [0.25, 0.3) is 0 Å². The SMILES string of the molecule is CCCC(C)(O)Cc1cc(F)ccc1Br. The molecule has 0 aliphatic rings. The van der Waals surface area contributed by atoms with E-state index in [0.29, 0.717) is 6.42 Å². The van der Waals surface area contributed by atoms with Crippen molar-refractivity contribution in [1.82, 2.24) is 0 Å². The first kappa shape index (κ1) is 12.7. The van der Waals surface area contributed by atoms with Crippen LogP contribution in [0.1, 0.15) is 32.3 Å². The summed E-state index contributed by atoms with van der Waals surface area (Å²) in [6.07, 6.45) is 2.11. The normalized spacial score (nSPS) is 15.0. The Morgan fingerprint density at radius 1 is 1.47 bits per heavy atom. The van der Waals surface area contributed by atoms with Gasteiger partial charge in [0.05, 0.1) is 5.60 Å². The van der Waals surface area contributed by atoms with E-state index in [-0.39, 0.29) is 5.82 Å². The molecule has 0 fully saturated rings. The van der Waals surface area contributed by atoms with Crippen LogP contribution in [0.2, 0.25) is 0 Å². The van der Waals surface area contributed by atoms with Crippen LogP contribution in [0.15, 0.2) is 22.7 Å². The van der Waals surface area contributed by atoms with Gasteiger partial charge in [0.1, 0.15) is 5.82 Å². The molecule has 1 unspecified atom stereocenters. The molecule has 0 aliphatic carbocycles. The van der Waals surface area contributed by atoms with Crippen molar-refractivity contribution in [1.29, 1.82) is 0 Å². The second-order valence-corrected chi connectivity index (χ2v) is 5.01. The van der Waals surface area contributed by atoms with E-state index in [0.717, 1.165) is 22.9 Å². The van der Waals surface area contributed by atoms with Gasteiger partial charge in [-0.05, 0) is 37.1 Å².